The number of rotatable bonds is 5. The quantitative estimate of drug-likeness (QED) is 0.652. The van der Waals surface area contributed by atoms with Gasteiger partial charge in [0.05, 0.1) is 6.61 Å². The Morgan fingerprint density at radius 3 is 2.25 bits per heavy atom. The number of aryl methyl sites for hydroxylation is 3. The van der Waals surface area contributed by atoms with E-state index in [9.17, 15) is 0 Å². The maximum Gasteiger partial charge on any atom is 0.125 e. The first-order chi connectivity index (χ1) is 9.58. The lowest BCUT2D eigenvalue weighted by molar-refractivity contribution is 0.306. The van der Waals surface area contributed by atoms with Crippen LogP contribution in [0.1, 0.15) is 28.7 Å². The van der Waals surface area contributed by atoms with E-state index < -0.39 is 0 Å². The van der Waals surface area contributed by atoms with Gasteiger partial charge in [0.1, 0.15) is 5.75 Å². The van der Waals surface area contributed by atoms with Gasteiger partial charge in [-0.3, -0.25) is 0 Å². The molecular weight excluding hydrogens is 246 g/mol. The molecule has 106 valence electrons. The number of nitrogen functional groups attached to an aromatic ring is 1. The molecule has 20 heavy (non-hydrogen) atoms. The standard InChI is InChI=1S/C18H23NO/c1-13-6-7-14(2)18(15(13)3)20-12-4-5-16-8-10-17(19)11-9-16/h6-11H,4-5,12,19H2,1-3H3. The number of hydrogen-bond donors (Lipinski definition) is 1. The van der Waals surface area contributed by atoms with Crippen molar-refractivity contribution < 1.29 is 4.74 Å². The number of hydrogen-bond acceptors (Lipinski definition) is 2. The van der Waals surface area contributed by atoms with Gasteiger partial charge in [0, 0.05) is 5.69 Å². The Bertz CT molecular complexity index is 573. The smallest absolute Gasteiger partial charge is 0.125 e. The van der Waals surface area contributed by atoms with E-state index in [1.165, 1.54) is 22.3 Å². The van der Waals surface area contributed by atoms with Crippen LogP contribution in [-0.4, -0.2) is 6.61 Å². The molecule has 0 saturated carbocycles. The molecule has 0 bridgehead atoms. The Morgan fingerprint density at radius 1 is 0.900 bits per heavy atom. The molecule has 0 amide bonds. The van der Waals surface area contributed by atoms with Crippen molar-refractivity contribution in [2.45, 2.75) is 33.6 Å². The third-order valence-corrected chi connectivity index (χ3v) is 3.71. The van der Waals surface area contributed by atoms with Gasteiger partial charge < -0.3 is 10.5 Å². The fraction of sp³-hybridized carbons (Fsp3) is 0.333. The van der Waals surface area contributed by atoms with Crippen LogP contribution in [0.15, 0.2) is 36.4 Å². The summed E-state index contributed by atoms with van der Waals surface area (Å²) in [4.78, 5) is 0. The van der Waals surface area contributed by atoms with Crippen molar-refractivity contribution in [1.82, 2.24) is 0 Å². The highest BCUT2D eigenvalue weighted by molar-refractivity contribution is 5.44. The van der Waals surface area contributed by atoms with Gasteiger partial charge in [-0.05, 0) is 68.0 Å². The summed E-state index contributed by atoms with van der Waals surface area (Å²) in [6.07, 6.45) is 2.03. The van der Waals surface area contributed by atoms with E-state index in [4.69, 9.17) is 10.5 Å². The summed E-state index contributed by atoms with van der Waals surface area (Å²) in [7, 11) is 0. The number of ether oxygens (including phenoxy) is 1. The second-order valence-electron chi connectivity index (χ2n) is 5.35. The third-order valence-electron chi connectivity index (χ3n) is 3.71. The molecule has 0 heterocycles. The van der Waals surface area contributed by atoms with Crippen molar-refractivity contribution in [3.63, 3.8) is 0 Å². The molecule has 2 nitrogen and oxygen atoms in total. The summed E-state index contributed by atoms with van der Waals surface area (Å²) >= 11 is 0. The highest BCUT2D eigenvalue weighted by atomic mass is 16.5. The molecule has 2 N–H and O–H groups in total. The molecule has 0 saturated heterocycles. The van der Waals surface area contributed by atoms with Crippen LogP contribution in [0.4, 0.5) is 5.69 Å². The Labute approximate surface area is 121 Å². The van der Waals surface area contributed by atoms with E-state index in [1.54, 1.807) is 0 Å². The highest BCUT2D eigenvalue weighted by Crippen LogP contribution is 2.25. The van der Waals surface area contributed by atoms with Gasteiger partial charge in [0.2, 0.25) is 0 Å². The molecule has 0 aliphatic heterocycles. The normalized spacial score (nSPS) is 10.6. The summed E-state index contributed by atoms with van der Waals surface area (Å²) in [5, 5.41) is 0. The predicted octanol–water partition coefficient (Wildman–Crippen LogP) is 4.21. The maximum atomic E-state index is 5.97. The molecular formula is C18H23NO. The molecule has 0 fully saturated rings. The third kappa shape index (κ3) is 3.53. The van der Waals surface area contributed by atoms with Crippen LogP contribution in [0.25, 0.3) is 0 Å². The SMILES string of the molecule is Cc1ccc(C)c(OCCCc2ccc(N)cc2)c1C. The van der Waals surface area contributed by atoms with Gasteiger partial charge >= 0.3 is 0 Å². The molecule has 0 aromatic heterocycles. The molecule has 2 aromatic carbocycles. The minimum absolute atomic E-state index is 0.746. The van der Waals surface area contributed by atoms with Gasteiger partial charge in [-0.15, -0.1) is 0 Å². The van der Waals surface area contributed by atoms with Crippen LogP contribution in [0.3, 0.4) is 0 Å². The predicted molar refractivity (Wildman–Crippen MR) is 85.3 cm³/mol. The van der Waals surface area contributed by atoms with Gasteiger partial charge in [0.25, 0.3) is 0 Å². The lowest BCUT2D eigenvalue weighted by Crippen LogP contribution is -2.03. The summed E-state index contributed by atoms with van der Waals surface area (Å²) in [6, 6.07) is 12.3. The lowest BCUT2D eigenvalue weighted by Gasteiger charge is -2.14. The van der Waals surface area contributed by atoms with E-state index in [0.29, 0.717) is 0 Å². The Kier molecular flexibility index (Phi) is 4.67. The molecule has 0 unspecified atom stereocenters. The fourth-order valence-corrected chi connectivity index (χ4v) is 2.28. The van der Waals surface area contributed by atoms with Crippen LogP contribution in [0, 0.1) is 20.8 Å². The Balaban J connectivity index is 1.87. The molecule has 0 aliphatic rings. The minimum atomic E-state index is 0.746. The summed E-state index contributed by atoms with van der Waals surface area (Å²) in [5.74, 6) is 1.04. The molecule has 2 rings (SSSR count). The number of benzene rings is 2. The van der Waals surface area contributed by atoms with Crippen molar-refractivity contribution >= 4 is 5.69 Å². The van der Waals surface area contributed by atoms with E-state index in [0.717, 1.165) is 30.9 Å². The average molecular weight is 269 g/mol. The zero-order chi connectivity index (χ0) is 14.5. The van der Waals surface area contributed by atoms with Crippen molar-refractivity contribution in [1.29, 1.82) is 0 Å². The summed E-state index contributed by atoms with van der Waals surface area (Å²) in [5.41, 5.74) is 11.5. The Morgan fingerprint density at radius 2 is 1.55 bits per heavy atom. The van der Waals surface area contributed by atoms with Crippen LogP contribution < -0.4 is 10.5 Å². The van der Waals surface area contributed by atoms with E-state index in [2.05, 4.69) is 45.0 Å². The zero-order valence-corrected chi connectivity index (χ0v) is 12.6. The lowest BCUT2D eigenvalue weighted by atomic mass is 10.1. The van der Waals surface area contributed by atoms with Gasteiger partial charge in [-0.1, -0.05) is 24.3 Å². The molecule has 0 aliphatic carbocycles. The molecule has 0 atom stereocenters. The van der Waals surface area contributed by atoms with Crippen LogP contribution in [0.2, 0.25) is 0 Å². The first-order valence-corrected chi connectivity index (χ1v) is 7.12. The average Bonchev–Trinajstić information content (AvgIpc) is 2.44. The van der Waals surface area contributed by atoms with Crippen molar-refractivity contribution in [2.24, 2.45) is 0 Å². The van der Waals surface area contributed by atoms with Crippen LogP contribution in [-0.2, 0) is 6.42 Å². The zero-order valence-electron chi connectivity index (χ0n) is 12.6. The molecule has 2 heteroatoms. The van der Waals surface area contributed by atoms with E-state index >= 15 is 0 Å². The van der Waals surface area contributed by atoms with E-state index in [-0.39, 0.29) is 0 Å². The van der Waals surface area contributed by atoms with Crippen LogP contribution >= 0.6 is 0 Å². The summed E-state index contributed by atoms with van der Waals surface area (Å²) in [6.45, 7) is 7.09. The maximum absolute atomic E-state index is 5.97. The van der Waals surface area contributed by atoms with Crippen molar-refractivity contribution in [2.75, 3.05) is 12.3 Å². The van der Waals surface area contributed by atoms with Crippen LogP contribution in [0.5, 0.6) is 5.75 Å². The van der Waals surface area contributed by atoms with E-state index in [1.807, 2.05) is 12.1 Å². The fourth-order valence-electron chi connectivity index (χ4n) is 2.28. The largest absolute Gasteiger partial charge is 0.493 e. The molecule has 2 aromatic rings. The second kappa shape index (κ2) is 6.47. The van der Waals surface area contributed by atoms with Crippen molar-refractivity contribution in [3.05, 3.63) is 58.7 Å². The van der Waals surface area contributed by atoms with Crippen molar-refractivity contribution in [3.8, 4) is 5.75 Å². The first kappa shape index (κ1) is 14.4. The van der Waals surface area contributed by atoms with Gasteiger partial charge in [0.15, 0.2) is 0 Å². The Hall–Kier alpha value is -1.96. The minimum Gasteiger partial charge on any atom is -0.493 e. The molecule has 0 radical (unpaired) electrons. The summed E-state index contributed by atoms with van der Waals surface area (Å²) < 4.78 is 5.97. The number of nitrogens with two attached hydrogens (primary N) is 1. The topological polar surface area (TPSA) is 35.2 Å². The monoisotopic (exact) mass is 269 g/mol. The first-order valence-electron chi connectivity index (χ1n) is 7.12. The second-order valence-corrected chi connectivity index (χ2v) is 5.35. The highest BCUT2D eigenvalue weighted by Gasteiger charge is 2.06. The van der Waals surface area contributed by atoms with Gasteiger partial charge in [-0.25, -0.2) is 0 Å². The molecule has 0 spiro atoms. The number of anilines is 1. The van der Waals surface area contributed by atoms with Gasteiger partial charge in [-0.2, -0.15) is 0 Å².